The molecule has 5 rings (SSSR count). The first-order valence-electron chi connectivity index (χ1n) is 11.1. The summed E-state index contributed by atoms with van der Waals surface area (Å²) in [4.78, 5) is 14.6. The van der Waals surface area contributed by atoms with Crippen LogP contribution in [0.1, 0.15) is 30.4 Å². The number of hydrogen-bond donors (Lipinski definition) is 0. The van der Waals surface area contributed by atoms with Gasteiger partial charge in [0, 0.05) is 37.9 Å². The highest BCUT2D eigenvalue weighted by Crippen LogP contribution is 2.39. The van der Waals surface area contributed by atoms with Gasteiger partial charge < -0.3 is 14.4 Å². The summed E-state index contributed by atoms with van der Waals surface area (Å²) in [5.41, 5.74) is 3.90. The molecule has 1 saturated heterocycles. The quantitative estimate of drug-likeness (QED) is 0.559. The molecule has 1 fully saturated rings. The van der Waals surface area contributed by atoms with Crippen molar-refractivity contribution in [3.63, 3.8) is 0 Å². The Labute approximate surface area is 187 Å². The van der Waals surface area contributed by atoms with E-state index in [0.717, 1.165) is 28.9 Å². The SMILES string of the molecule is O=C(CCc1ccccc1)N1CCC2(CC1)OCc1cc(-c3cccc(F)c3)ccc1O2. The van der Waals surface area contributed by atoms with Crippen LogP contribution in [0.5, 0.6) is 5.75 Å². The number of aryl methyl sites for hydroxylation is 1. The van der Waals surface area contributed by atoms with E-state index in [0.29, 0.717) is 39.0 Å². The fourth-order valence-electron chi connectivity index (χ4n) is 4.48. The number of halogens is 1. The lowest BCUT2D eigenvalue weighted by molar-refractivity contribution is -0.227. The first-order chi connectivity index (χ1) is 15.6. The number of likely N-dealkylation sites (tertiary alicyclic amines) is 1. The average molecular weight is 432 g/mol. The van der Waals surface area contributed by atoms with Crippen molar-refractivity contribution in [2.75, 3.05) is 13.1 Å². The third kappa shape index (κ3) is 4.39. The van der Waals surface area contributed by atoms with Crippen LogP contribution >= 0.6 is 0 Å². The zero-order chi connectivity index (χ0) is 22.0. The molecule has 0 aliphatic carbocycles. The molecule has 2 aliphatic rings. The Bertz CT molecular complexity index is 1110. The van der Waals surface area contributed by atoms with Crippen LogP contribution in [0.2, 0.25) is 0 Å². The van der Waals surface area contributed by atoms with Crippen molar-refractivity contribution in [2.24, 2.45) is 0 Å². The van der Waals surface area contributed by atoms with E-state index >= 15 is 0 Å². The number of carbonyl (C=O) groups is 1. The molecule has 0 N–H and O–H groups in total. The minimum absolute atomic E-state index is 0.180. The maximum absolute atomic E-state index is 13.6. The standard InChI is InChI=1S/C27H26FNO3/c28-24-8-4-7-21(18-24)22-10-11-25-23(17-22)19-31-27(32-25)13-15-29(16-14-27)26(30)12-9-20-5-2-1-3-6-20/h1-8,10-11,17-18H,9,12-16,19H2. The average Bonchev–Trinajstić information content (AvgIpc) is 2.83. The largest absolute Gasteiger partial charge is 0.462 e. The van der Waals surface area contributed by atoms with Gasteiger partial charge in [-0.1, -0.05) is 48.5 Å². The van der Waals surface area contributed by atoms with E-state index in [1.54, 1.807) is 6.07 Å². The number of amides is 1. The van der Waals surface area contributed by atoms with Gasteiger partial charge in [0.1, 0.15) is 11.6 Å². The Morgan fingerprint density at radius 2 is 1.72 bits per heavy atom. The Hall–Kier alpha value is -3.18. The van der Waals surface area contributed by atoms with Gasteiger partial charge >= 0.3 is 0 Å². The first kappa shape index (κ1) is 20.7. The number of fused-ring (bicyclic) bond motifs is 1. The molecule has 164 valence electrons. The molecule has 0 atom stereocenters. The van der Waals surface area contributed by atoms with Gasteiger partial charge in [0.15, 0.2) is 0 Å². The molecule has 3 aromatic carbocycles. The molecule has 1 spiro atoms. The monoisotopic (exact) mass is 431 g/mol. The summed E-state index contributed by atoms with van der Waals surface area (Å²) in [6.07, 6.45) is 2.57. The lowest BCUT2D eigenvalue weighted by Crippen LogP contribution is -2.52. The molecule has 32 heavy (non-hydrogen) atoms. The van der Waals surface area contributed by atoms with E-state index in [2.05, 4.69) is 12.1 Å². The molecule has 0 aromatic heterocycles. The highest BCUT2D eigenvalue weighted by atomic mass is 19.1. The number of carbonyl (C=O) groups excluding carboxylic acids is 1. The lowest BCUT2D eigenvalue weighted by Gasteiger charge is -2.44. The molecule has 0 saturated carbocycles. The maximum Gasteiger partial charge on any atom is 0.222 e. The third-order valence-electron chi connectivity index (χ3n) is 6.35. The lowest BCUT2D eigenvalue weighted by atomic mass is 9.98. The molecule has 4 nitrogen and oxygen atoms in total. The second kappa shape index (κ2) is 8.75. The normalized spacial score (nSPS) is 17.0. The van der Waals surface area contributed by atoms with E-state index in [1.807, 2.05) is 47.4 Å². The number of piperidine rings is 1. The Morgan fingerprint density at radius 1 is 0.938 bits per heavy atom. The van der Waals surface area contributed by atoms with E-state index in [9.17, 15) is 9.18 Å². The van der Waals surface area contributed by atoms with Gasteiger partial charge in [0.05, 0.1) is 6.61 Å². The Kier molecular flexibility index (Phi) is 5.66. The molecular weight excluding hydrogens is 405 g/mol. The highest BCUT2D eigenvalue weighted by Gasteiger charge is 2.41. The van der Waals surface area contributed by atoms with Crippen LogP contribution in [-0.4, -0.2) is 29.7 Å². The van der Waals surface area contributed by atoms with Crippen molar-refractivity contribution >= 4 is 5.91 Å². The van der Waals surface area contributed by atoms with Crippen molar-refractivity contribution < 1.29 is 18.7 Å². The summed E-state index contributed by atoms with van der Waals surface area (Å²) in [6, 6.07) is 22.6. The number of rotatable bonds is 4. The van der Waals surface area contributed by atoms with E-state index in [4.69, 9.17) is 9.47 Å². The summed E-state index contributed by atoms with van der Waals surface area (Å²) in [5.74, 6) is 0.0560. The van der Waals surface area contributed by atoms with Crippen LogP contribution in [-0.2, 0) is 22.6 Å². The van der Waals surface area contributed by atoms with Crippen LogP contribution in [0.3, 0.4) is 0 Å². The fraction of sp³-hybridized carbons (Fsp3) is 0.296. The Balaban J connectivity index is 1.20. The van der Waals surface area contributed by atoms with Crippen molar-refractivity contribution in [3.8, 4) is 16.9 Å². The van der Waals surface area contributed by atoms with Crippen LogP contribution in [0, 0.1) is 5.82 Å². The Morgan fingerprint density at radius 3 is 2.50 bits per heavy atom. The molecule has 0 radical (unpaired) electrons. The van der Waals surface area contributed by atoms with E-state index in [-0.39, 0.29) is 11.7 Å². The number of hydrogen-bond acceptors (Lipinski definition) is 3. The van der Waals surface area contributed by atoms with Gasteiger partial charge in [0.25, 0.3) is 0 Å². The number of ether oxygens (including phenoxy) is 2. The molecular formula is C27H26FNO3. The van der Waals surface area contributed by atoms with Crippen LogP contribution < -0.4 is 4.74 Å². The maximum atomic E-state index is 13.6. The predicted molar refractivity (Wildman–Crippen MR) is 121 cm³/mol. The highest BCUT2D eigenvalue weighted by molar-refractivity contribution is 5.76. The van der Waals surface area contributed by atoms with Crippen LogP contribution in [0.4, 0.5) is 4.39 Å². The zero-order valence-corrected chi connectivity index (χ0v) is 17.9. The first-order valence-corrected chi connectivity index (χ1v) is 11.1. The number of nitrogens with zero attached hydrogens (tertiary/aromatic N) is 1. The third-order valence-corrected chi connectivity index (χ3v) is 6.35. The summed E-state index contributed by atoms with van der Waals surface area (Å²) in [7, 11) is 0. The summed E-state index contributed by atoms with van der Waals surface area (Å²) in [6.45, 7) is 1.70. The van der Waals surface area contributed by atoms with Gasteiger partial charge in [-0.2, -0.15) is 0 Å². The van der Waals surface area contributed by atoms with Crippen LogP contribution in [0.25, 0.3) is 11.1 Å². The molecule has 2 aliphatic heterocycles. The van der Waals surface area contributed by atoms with Gasteiger partial charge in [-0.05, 0) is 47.4 Å². The van der Waals surface area contributed by atoms with Crippen molar-refractivity contribution in [2.45, 2.75) is 38.1 Å². The topological polar surface area (TPSA) is 38.8 Å². The van der Waals surface area contributed by atoms with Crippen molar-refractivity contribution in [1.82, 2.24) is 4.90 Å². The second-order valence-electron chi connectivity index (χ2n) is 8.50. The molecule has 2 heterocycles. The van der Waals surface area contributed by atoms with Gasteiger partial charge in [-0.3, -0.25) is 4.79 Å². The summed E-state index contributed by atoms with van der Waals surface area (Å²) in [5, 5.41) is 0. The summed E-state index contributed by atoms with van der Waals surface area (Å²) < 4.78 is 26.0. The molecule has 1 amide bonds. The van der Waals surface area contributed by atoms with Crippen molar-refractivity contribution in [1.29, 1.82) is 0 Å². The molecule has 0 unspecified atom stereocenters. The van der Waals surface area contributed by atoms with E-state index in [1.165, 1.54) is 17.7 Å². The minimum atomic E-state index is -0.677. The van der Waals surface area contributed by atoms with Gasteiger partial charge in [-0.25, -0.2) is 4.39 Å². The molecule has 0 bridgehead atoms. The molecule has 5 heteroatoms. The minimum Gasteiger partial charge on any atom is -0.462 e. The predicted octanol–water partition coefficient (Wildman–Crippen LogP) is 5.35. The van der Waals surface area contributed by atoms with Crippen LogP contribution in [0.15, 0.2) is 72.8 Å². The van der Waals surface area contributed by atoms with Gasteiger partial charge in [0.2, 0.25) is 11.7 Å². The van der Waals surface area contributed by atoms with Crippen molar-refractivity contribution in [3.05, 3.63) is 89.7 Å². The number of benzene rings is 3. The van der Waals surface area contributed by atoms with E-state index < -0.39 is 5.79 Å². The molecule has 3 aromatic rings. The van der Waals surface area contributed by atoms with Gasteiger partial charge in [-0.15, -0.1) is 0 Å². The summed E-state index contributed by atoms with van der Waals surface area (Å²) >= 11 is 0. The second-order valence-corrected chi connectivity index (χ2v) is 8.50. The smallest absolute Gasteiger partial charge is 0.222 e. The fourth-order valence-corrected chi connectivity index (χ4v) is 4.48. The zero-order valence-electron chi connectivity index (χ0n) is 17.9.